The second-order valence-electron chi connectivity index (χ2n) is 3.03. The van der Waals surface area contributed by atoms with Crippen molar-refractivity contribution in [3.63, 3.8) is 0 Å². The Hall–Kier alpha value is 0.0400. The summed E-state index contributed by atoms with van der Waals surface area (Å²) < 4.78 is -1.58. The number of nitrogens with one attached hydrogen (secondary N) is 1. The summed E-state index contributed by atoms with van der Waals surface area (Å²) in [5.41, 5.74) is 0.801. The number of aliphatic hydroxyl groups excluding tert-OH is 1. The molecule has 2 N–H and O–H groups in total. The molecular weight excluding hydrogens is 248 g/mol. The van der Waals surface area contributed by atoms with Crippen LogP contribution in [0.25, 0.3) is 0 Å². The average molecular weight is 261 g/mol. The van der Waals surface area contributed by atoms with Crippen LogP contribution >= 0.6 is 34.8 Å². The van der Waals surface area contributed by atoms with Gasteiger partial charge in [-0.15, -0.1) is 11.6 Å². The van der Waals surface area contributed by atoms with E-state index in [0.29, 0.717) is 0 Å². The monoisotopic (exact) mass is 259 g/mol. The smallest absolute Gasteiger partial charge is 0.245 e. The van der Waals surface area contributed by atoms with Crippen molar-refractivity contribution in [2.75, 3.05) is 5.88 Å². The number of hydrogen-bond donors (Lipinski definition) is 2. The molecule has 0 aliphatic rings. The zero-order chi connectivity index (χ0) is 11.4. The van der Waals surface area contributed by atoms with Gasteiger partial charge in [0.15, 0.2) is 10.6 Å². The second-order valence-corrected chi connectivity index (χ2v) is 4.84. The van der Waals surface area contributed by atoms with Crippen molar-refractivity contribution in [2.45, 2.75) is 24.4 Å². The van der Waals surface area contributed by atoms with Gasteiger partial charge in [-0.1, -0.05) is 28.8 Å². The molecule has 1 amide bonds. The van der Waals surface area contributed by atoms with Crippen molar-refractivity contribution >= 4 is 40.7 Å². The molecule has 0 fully saturated rings. The van der Waals surface area contributed by atoms with Gasteiger partial charge in [-0.3, -0.25) is 4.79 Å². The van der Waals surface area contributed by atoms with Gasteiger partial charge in [0, 0.05) is 6.08 Å². The largest absolute Gasteiger partial charge is 0.370 e. The minimum atomic E-state index is -1.58. The fourth-order valence-electron chi connectivity index (χ4n) is 0.617. The summed E-state index contributed by atoms with van der Waals surface area (Å²) in [6.07, 6.45) is -0.0761. The van der Waals surface area contributed by atoms with E-state index in [4.69, 9.17) is 34.8 Å². The Morgan fingerprint density at radius 3 is 2.43 bits per heavy atom. The molecule has 0 aromatic heterocycles. The lowest BCUT2D eigenvalue weighted by Gasteiger charge is -2.23. The van der Waals surface area contributed by atoms with E-state index in [-0.39, 0.29) is 5.88 Å². The molecule has 0 saturated heterocycles. The quantitative estimate of drug-likeness (QED) is 0.460. The van der Waals surface area contributed by atoms with Crippen molar-refractivity contribution in [3.05, 3.63) is 11.6 Å². The topological polar surface area (TPSA) is 49.3 Å². The Kier molecular flexibility index (Phi) is 5.83. The van der Waals surface area contributed by atoms with Gasteiger partial charge < -0.3 is 10.4 Å². The molecular formula is C8H12Cl3NO2. The molecule has 6 heteroatoms. The zero-order valence-corrected chi connectivity index (χ0v) is 10.1. The number of allylic oxidation sites excluding steroid dienone is 1. The van der Waals surface area contributed by atoms with E-state index in [1.54, 1.807) is 13.8 Å². The number of alkyl halides is 3. The first-order valence-electron chi connectivity index (χ1n) is 3.87. The maximum absolute atomic E-state index is 11.1. The molecule has 0 aromatic carbocycles. The lowest BCUT2D eigenvalue weighted by molar-refractivity contribution is -0.119. The predicted molar refractivity (Wildman–Crippen MR) is 58.7 cm³/mol. The Balaban J connectivity index is 4.27. The molecule has 0 aromatic rings. The van der Waals surface area contributed by atoms with Gasteiger partial charge in [-0.05, 0) is 13.8 Å². The molecule has 0 heterocycles. The van der Waals surface area contributed by atoms with E-state index in [9.17, 15) is 9.90 Å². The van der Waals surface area contributed by atoms with Crippen LogP contribution in [0.4, 0.5) is 0 Å². The van der Waals surface area contributed by atoms with E-state index < -0.39 is 16.5 Å². The summed E-state index contributed by atoms with van der Waals surface area (Å²) in [4.78, 5) is 11.1. The van der Waals surface area contributed by atoms with E-state index in [0.717, 1.165) is 5.57 Å². The molecule has 0 rings (SSSR count). The van der Waals surface area contributed by atoms with Gasteiger partial charge in [-0.25, -0.2) is 0 Å². The first-order valence-corrected chi connectivity index (χ1v) is 5.16. The molecule has 3 nitrogen and oxygen atoms in total. The van der Waals surface area contributed by atoms with Crippen LogP contribution in [-0.2, 0) is 4.79 Å². The molecule has 0 aliphatic heterocycles. The Morgan fingerprint density at radius 2 is 2.07 bits per heavy atom. The van der Waals surface area contributed by atoms with Crippen LogP contribution in [0.2, 0.25) is 0 Å². The number of rotatable bonds is 4. The average Bonchev–Trinajstić information content (AvgIpc) is 2.02. The first-order chi connectivity index (χ1) is 6.29. The Bertz CT molecular complexity index is 237. The molecule has 1 unspecified atom stereocenters. The van der Waals surface area contributed by atoms with Gasteiger partial charge in [-0.2, -0.15) is 0 Å². The summed E-state index contributed by atoms with van der Waals surface area (Å²) >= 11 is 16.6. The summed E-state index contributed by atoms with van der Waals surface area (Å²) in [7, 11) is 0. The maximum atomic E-state index is 11.1. The highest BCUT2D eigenvalue weighted by atomic mass is 35.5. The SMILES string of the molecule is CC(C)=CC(=O)NC(O)C(Cl)(Cl)CCl. The standard InChI is InChI=1S/C8H12Cl3NO2/c1-5(2)3-6(13)12-7(14)8(10,11)4-9/h3,7,14H,4H2,1-2H3,(H,12,13). The Labute approximate surface area is 98.0 Å². The fourth-order valence-corrected chi connectivity index (χ4v) is 0.873. The summed E-state index contributed by atoms with van der Waals surface area (Å²) in [5.74, 6) is -0.653. The molecule has 1 atom stereocenters. The zero-order valence-electron chi connectivity index (χ0n) is 7.85. The van der Waals surface area contributed by atoms with Crippen molar-refractivity contribution in [1.82, 2.24) is 5.32 Å². The summed E-state index contributed by atoms with van der Waals surface area (Å²) in [6, 6.07) is 0. The number of aliphatic hydroxyl groups is 1. The number of hydrogen-bond acceptors (Lipinski definition) is 2. The van der Waals surface area contributed by atoms with Crippen LogP contribution in [0.1, 0.15) is 13.8 Å². The minimum absolute atomic E-state index is 0.188. The van der Waals surface area contributed by atoms with Gasteiger partial charge >= 0.3 is 0 Å². The van der Waals surface area contributed by atoms with Crippen LogP contribution in [-0.4, -0.2) is 27.5 Å². The maximum Gasteiger partial charge on any atom is 0.245 e. The molecule has 0 bridgehead atoms. The highest BCUT2D eigenvalue weighted by Crippen LogP contribution is 2.25. The van der Waals surface area contributed by atoms with E-state index in [1.165, 1.54) is 6.08 Å². The van der Waals surface area contributed by atoms with Crippen molar-refractivity contribution in [3.8, 4) is 0 Å². The molecule has 0 spiro atoms. The van der Waals surface area contributed by atoms with Crippen LogP contribution in [0.3, 0.4) is 0 Å². The number of halogens is 3. The third-order valence-corrected chi connectivity index (χ3v) is 2.65. The summed E-state index contributed by atoms with van der Waals surface area (Å²) in [5, 5.41) is 11.5. The molecule has 82 valence electrons. The summed E-state index contributed by atoms with van der Waals surface area (Å²) in [6.45, 7) is 3.50. The highest BCUT2D eigenvalue weighted by Gasteiger charge is 2.33. The normalized spacial score (nSPS) is 13.3. The second kappa shape index (κ2) is 5.81. The molecule has 0 aliphatic carbocycles. The number of carbonyl (C=O) groups is 1. The van der Waals surface area contributed by atoms with Crippen molar-refractivity contribution < 1.29 is 9.90 Å². The fraction of sp³-hybridized carbons (Fsp3) is 0.625. The van der Waals surface area contributed by atoms with E-state index in [2.05, 4.69) is 5.32 Å². The van der Waals surface area contributed by atoms with Crippen LogP contribution in [0, 0.1) is 0 Å². The van der Waals surface area contributed by atoms with Gasteiger partial charge in [0.2, 0.25) is 5.91 Å². The molecule has 0 saturated carbocycles. The molecule has 14 heavy (non-hydrogen) atoms. The van der Waals surface area contributed by atoms with Gasteiger partial charge in [0.05, 0.1) is 5.88 Å². The minimum Gasteiger partial charge on any atom is -0.370 e. The van der Waals surface area contributed by atoms with Crippen LogP contribution in [0.15, 0.2) is 11.6 Å². The third kappa shape index (κ3) is 5.05. The Morgan fingerprint density at radius 1 is 1.57 bits per heavy atom. The first kappa shape index (κ1) is 14.0. The van der Waals surface area contributed by atoms with Crippen LogP contribution < -0.4 is 5.32 Å². The molecule has 0 radical (unpaired) electrons. The van der Waals surface area contributed by atoms with Crippen molar-refractivity contribution in [1.29, 1.82) is 0 Å². The lowest BCUT2D eigenvalue weighted by atomic mass is 10.3. The number of carbonyl (C=O) groups excluding carboxylic acids is 1. The lowest BCUT2D eigenvalue weighted by Crippen LogP contribution is -2.46. The van der Waals surface area contributed by atoms with Gasteiger partial charge in [0.1, 0.15) is 0 Å². The van der Waals surface area contributed by atoms with E-state index >= 15 is 0 Å². The van der Waals surface area contributed by atoms with Crippen molar-refractivity contribution in [2.24, 2.45) is 0 Å². The predicted octanol–water partition coefficient (Wildman–Crippen LogP) is 1.80. The third-order valence-electron chi connectivity index (χ3n) is 1.28. The highest BCUT2D eigenvalue weighted by molar-refractivity contribution is 6.52. The van der Waals surface area contributed by atoms with Gasteiger partial charge in [0.25, 0.3) is 0 Å². The number of amides is 1. The van der Waals surface area contributed by atoms with Crippen LogP contribution in [0.5, 0.6) is 0 Å². The van der Waals surface area contributed by atoms with E-state index in [1.807, 2.05) is 0 Å².